The number of nitrogens with one attached hydrogen (secondary N) is 1. The molecule has 0 bridgehead atoms. The second-order valence-corrected chi connectivity index (χ2v) is 7.63. The summed E-state index contributed by atoms with van der Waals surface area (Å²) < 4.78 is 1.89. The molecule has 1 unspecified atom stereocenters. The first-order chi connectivity index (χ1) is 13.1. The second-order valence-electron chi connectivity index (χ2n) is 7.63. The highest BCUT2D eigenvalue weighted by molar-refractivity contribution is 14.0. The Morgan fingerprint density at radius 2 is 1.96 bits per heavy atom. The number of rotatable bonds is 6. The van der Waals surface area contributed by atoms with E-state index in [0.29, 0.717) is 5.92 Å². The number of aliphatic imine (C=N–C) groups is 1. The fourth-order valence-corrected chi connectivity index (χ4v) is 4.26. The molecular weight excluding hydrogens is 461 g/mol. The molecule has 1 aromatic carbocycles. The second kappa shape index (κ2) is 10.3. The number of hydrogen-bond acceptors (Lipinski definition) is 2. The Morgan fingerprint density at radius 1 is 1.25 bits per heavy atom. The molecule has 154 valence electrons. The van der Waals surface area contributed by atoms with Gasteiger partial charge in [0.05, 0.1) is 6.20 Å². The van der Waals surface area contributed by atoms with Gasteiger partial charge in [0.2, 0.25) is 0 Å². The van der Waals surface area contributed by atoms with Crippen LogP contribution in [0.5, 0.6) is 0 Å². The van der Waals surface area contributed by atoms with Crippen LogP contribution in [0.4, 0.5) is 0 Å². The maximum absolute atomic E-state index is 4.58. The van der Waals surface area contributed by atoms with Crippen molar-refractivity contribution in [3.05, 3.63) is 53.9 Å². The van der Waals surface area contributed by atoms with Gasteiger partial charge in [0.25, 0.3) is 0 Å². The van der Waals surface area contributed by atoms with Crippen molar-refractivity contribution in [1.82, 2.24) is 20.0 Å². The van der Waals surface area contributed by atoms with Crippen LogP contribution in [0, 0.1) is 0 Å². The third-order valence-electron chi connectivity index (χ3n) is 6.22. The van der Waals surface area contributed by atoms with E-state index in [4.69, 9.17) is 0 Å². The Bertz CT molecular complexity index is 751. The largest absolute Gasteiger partial charge is 0.355 e. The van der Waals surface area contributed by atoms with Gasteiger partial charge >= 0.3 is 0 Å². The summed E-state index contributed by atoms with van der Waals surface area (Å²) in [7, 11) is 3.87. The highest BCUT2D eigenvalue weighted by atomic mass is 127. The van der Waals surface area contributed by atoms with Gasteiger partial charge in [0.1, 0.15) is 0 Å². The summed E-state index contributed by atoms with van der Waals surface area (Å²) >= 11 is 0. The molecule has 1 aliphatic heterocycles. The molecule has 1 N–H and O–H groups in total. The number of likely N-dealkylation sites (tertiary alicyclic amines) is 1. The number of guanidine groups is 1. The molecule has 28 heavy (non-hydrogen) atoms. The smallest absolute Gasteiger partial charge is 0.193 e. The molecule has 1 aromatic heterocycles. The van der Waals surface area contributed by atoms with Crippen LogP contribution in [0.2, 0.25) is 0 Å². The molecule has 3 rings (SSSR count). The predicted octanol–water partition coefficient (Wildman–Crippen LogP) is 4.16. The Hall–Kier alpha value is -1.57. The van der Waals surface area contributed by atoms with E-state index in [-0.39, 0.29) is 29.4 Å². The Labute approximate surface area is 186 Å². The Morgan fingerprint density at radius 3 is 2.54 bits per heavy atom. The molecule has 0 amide bonds. The number of aromatic nitrogens is 2. The minimum atomic E-state index is 0. The monoisotopic (exact) mass is 495 g/mol. The molecule has 0 spiro atoms. The summed E-state index contributed by atoms with van der Waals surface area (Å²) in [5.41, 5.74) is 2.88. The maximum Gasteiger partial charge on any atom is 0.193 e. The summed E-state index contributed by atoms with van der Waals surface area (Å²) in [6.45, 7) is 7.52. The van der Waals surface area contributed by atoms with Crippen molar-refractivity contribution >= 4 is 29.9 Å². The number of nitrogens with zero attached hydrogens (tertiary/aromatic N) is 4. The zero-order valence-electron chi connectivity index (χ0n) is 17.6. The van der Waals surface area contributed by atoms with Gasteiger partial charge in [0.15, 0.2) is 5.96 Å². The normalized spacial score (nSPS) is 17.5. The van der Waals surface area contributed by atoms with Crippen LogP contribution in [0.25, 0.3) is 0 Å². The van der Waals surface area contributed by atoms with Crippen molar-refractivity contribution in [2.24, 2.45) is 12.0 Å². The van der Waals surface area contributed by atoms with Crippen molar-refractivity contribution in [2.45, 2.75) is 44.4 Å². The van der Waals surface area contributed by atoms with E-state index in [1.54, 1.807) is 0 Å². The van der Waals surface area contributed by atoms with Crippen LogP contribution in [0.1, 0.15) is 50.2 Å². The third kappa shape index (κ3) is 4.88. The number of halogens is 1. The van der Waals surface area contributed by atoms with Crippen LogP contribution < -0.4 is 5.32 Å². The van der Waals surface area contributed by atoms with E-state index in [9.17, 15) is 0 Å². The van der Waals surface area contributed by atoms with Crippen LogP contribution in [-0.2, 0) is 12.5 Å². The fourth-order valence-electron chi connectivity index (χ4n) is 4.26. The van der Waals surface area contributed by atoms with Crippen molar-refractivity contribution in [3.63, 3.8) is 0 Å². The van der Waals surface area contributed by atoms with E-state index in [2.05, 4.69) is 70.7 Å². The molecule has 1 aliphatic rings. The van der Waals surface area contributed by atoms with E-state index in [0.717, 1.165) is 44.9 Å². The van der Waals surface area contributed by atoms with Gasteiger partial charge < -0.3 is 10.2 Å². The topological polar surface area (TPSA) is 45.5 Å². The molecule has 1 atom stereocenters. The lowest BCUT2D eigenvalue weighted by molar-refractivity contribution is 0.378. The molecule has 1 saturated heterocycles. The number of benzene rings is 1. The molecule has 0 radical (unpaired) electrons. The number of aryl methyl sites for hydroxylation is 1. The van der Waals surface area contributed by atoms with Gasteiger partial charge in [0, 0.05) is 51.3 Å². The fraction of sp³-hybridized carbons (Fsp3) is 0.545. The molecule has 0 aliphatic carbocycles. The average Bonchev–Trinajstić information content (AvgIpc) is 3.36. The molecular formula is C22H34IN5. The summed E-state index contributed by atoms with van der Waals surface area (Å²) in [5, 5.41) is 8.01. The van der Waals surface area contributed by atoms with E-state index >= 15 is 0 Å². The molecule has 2 heterocycles. The predicted molar refractivity (Wildman–Crippen MR) is 128 cm³/mol. The molecule has 2 aromatic rings. The van der Waals surface area contributed by atoms with Crippen molar-refractivity contribution in [2.75, 3.05) is 26.7 Å². The highest BCUT2D eigenvalue weighted by Crippen LogP contribution is 2.31. The van der Waals surface area contributed by atoms with Crippen LogP contribution in [0.15, 0.2) is 47.7 Å². The quantitative estimate of drug-likeness (QED) is 0.372. The van der Waals surface area contributed by atoms with Crippen LogP contribution >= 0.6 is 24.0 Å². The van der Waals surface area contributed by atoms with Crippen molar-refractivity contribution in [3.8, 4) is 0 Å². The zero-order valence-corrected chi connectivity index (χ0v) is 19.9. The lowest BCUT2D eigenvalue weighted by atomic mass is 9.76. The molecule has 1 fully saturated rings. The van der Waals surface area contributed by atoms with Crippen LogP contribution in [-0.4, -0.2) is 47.3 Å². The lowest BCUT2D eigenvalue weighted by Crippen LogP contribution is -2.46. The van der Waals surface area contributed by atoms with E-state index < -0.39 is 0 Å². The van der Waals surface area contributed by atoms with Crippen LogP contribution in [0.3, 0.4) is 0 Å². The lowest BCUT2D eigenvalue weighted by Gasteiger charge is -2.34. The average molecular weight is 495 g/mol. The molecule has 5 nitrogen and oxygen atoms in total. The SMILES string of the molecule is CCC(CC)(CNC(=NC)N1CCC(c2cnn(C)c2)C1)c1ccccc1.I. The number of hydrogen-bond donors (Lipinski definition) is 1. The summed E-state index contributed by atoms with van der Waals surface area (Å²) in [6.07, 6.45) is 7.50. The van der Waals surface area contributed by atoms with Gasteiger partial charge in [-0.2, -0.15) is 5.10 Å². The van der Waals surface area contributed by atoms with Crippen molar-refractivity contribution in [1.29, 1.82) is 0 Å². The van der Waals surface area contributed by atoms with E-state index in [1.807, 2.05) is 25.0 Å². The Balaban J connectivity index is 0.00000280. The van der Waals surface area contributed by atoms with Crippen molar-refractivity contribution < 1.29 is 0 Å². The summed E-state index contributed by atoms with van der Waals surface area (Å²) in [5.74, 6) is 1.55. The van der Waals surface area contributed by atoms with Gasteiger partial charge in [-0.3, -0.25) is 9.67 Å². The Kier molecular flexibility index (Phi) is 8.34. The summed E-state index contributed by atoms with van der Waals surface area (Å²) in [6, 6.07) is 10.9. The molecule has 6 heteroatoms. The summed E-state index contributed by atoms with van der Waals surface area (Å²) in [4.78, 5) is 6.97. The van der Waals surface area contributed by atoms with Gasteiger partial charge in [-0.1, -0.05) is 44.2 Å². The first-order valence-corrected chi connectivity index (χ1v) is 10.1. The van der Waals surface area contributed by atoms with E-state index in [1.165, 1.54) is 11.1 Å². The molecule has 0 saturated carbocycles. The zero-order chi connectivity index (χ0) is 19.3. The maximum atomic E-state index is 4.58. The first kappa shape index (κ1) is 22.7. The van der Waals surface area contributed by atoms with Gasteiger partial charge in [-0.25, -0.2) is 0 Å². The van der Waals surface area contributed by atoms with Gasteiger partial charge in [-0.15, -0.1) is 24.0 Å². The standard InChI is InChI=1S/C22H33N5.HI/c1-5-22(6-2,20-10-8-7-9-11-20)17-24-21(23-3)27-13-12-18(16-27)19-14-25-26(4)15-19;/h7-11,14-15,18H,5-6,12-13,16-17H2,1-4H3,(H,23,24);1H. The third-order valence-corrected chi connectivity index (χ3v) is 6.22. The highest BCUT2D eigenvalue weighted by Gasteiger charge is 2.31. The van der Waals surface area contributed by atoms with Gasteiger partial charge in [-0.05, 0) is 30.4 Å². The first-order valence-electron chi connectivity index (χ1n) is 10.1. The minimum absolute atomic E-state index is 0. The minimum Gasteiger partial charge on any atom is -0.355 e.